The molecule has 2 aromatic heterocycles. The summed E-state index contributed by atoms with van der Waals surface area (Å²) in [6.07, 6.45) is 3.93. The summed E-state index contributed by atoms with van der Waals surface area (Å²) in [5.74, 6) is 0. The van der Waals surface area contributed by atoms with Crippen LogP contribution in [0.25, 0.3) is 0 Å². The van der Waals surface area contributed by atoms with E-state index in [0.29, 0.717) is 0 Å². The SMILES string of the molecule is Cc1nn(Cc2ccccc2)c(C)c1CNCc1cnn(C)c1. The molecular formula is C18H23N5. The zero-order valence-corrected chi connectivity index (χ0v) is 14.0. The van der Waals surface area contributed by atoms with Gasteiger partial charge in [0.15, 0.2) is 0 Å². The molecule has 0 saturated heterocycles. The van der Waals surface area contributed by atoms with Crippen molar-refractivity contribution in [3.63, 3.8) is 0 Å². The topological polar surface area (TPSA) is 47.7 Å². The first-order valence-electron chi connectivity index (χ1n) is 7.88. The van der Waals surface area contributed by atoms with Crippen LogP contribution in [0.1, 0.15) is 28.1 Å². The molecule has 120 valence electrons. The average Bonchev–Trinajstić information content (AvgIpc) is 3.06. The molecule has 0 spiro atoms. The van der Waals surface area contributed by atoms with Gasteiger partial charge < -0.3 is 5.32 Å². The van der Waals surface area contributed by atoms with Crippen LogP contribution < -0.4 is 5.32 Å². The second kappa shape index (κ2) is 6.79. The first-order chi connectivity index (χ1) is 11.1. The molecule has 3 rings (SSSR count). The van der Waals surface area contributed by atoms with Gasteiger partial charge in [-0.2, -0.15) is 10.2 Å². The van der Waals surface area contributed by atoms with Crippen LogP contribution in [0.2, 0.25) is 0 Å². The molecule has 23 heavy (non-hydrogen) atoms. The van der Waals surface area contributed by atoms with E-state index in [4.69, 9.17) is 5.10 Å². The number of hydrogen-bond acceptors (Lipinski definition) is 3. The summed E-state index contributed by atoms with van der Waals surface area (Å²) in [5.41, 5.74) is 6.07. The Hall–Kier alpha value is -2.40. The van der Waals surface area contributed by atoms with Crippen molar-refractivity contribution < 1.29 is 0 Å². The summed E-state index contributed by atoms with van der Waals surface area (Å²) in [7, 11) is 1.94. The lowest BCUT2D eigenvalue weighted by molar-refractivity contribution is 0.653. The van der Waals surface area contributed by atoms with Gasteiger partial charge in [-0.3, -0.25) is 9.36 Å². The maximum absolute atomic E-state index is 4.70. The molecule has 1 N–H and O–H groups in total. The van der Waals surface area contributed by atoms with E-state index in [1.54, 1.807) is 0 Å². The van der Waals surface area contributed by atoms with E-state index in [1.165, 1.54) is 22.4 Å². The molecule has 0 aliphatic rings. The highest BCUT2D eigenvalue weighted by molar-refractivity contribution is 5.26. The van der Waals surface area contributed by atoms with Crippen molar-refractivity contribution in [2.45, 2.75) is 33.5 Å². The highest BCUT2D eigenvalue weighted by atomic mass is 15.3. The zero-order valence-electron chi connectivity index (χ0n) is 14.0. The van der Waals surface area contributed by atoms with Gasteiger partial charge in [0, 0.05) is 43.2 Å². The summed E-state index contributed by atoms with van der Waals surface area (Å²) in [5, 5.41) is 12.4. The molecule has 0 aliphatic carbocycles. The summed E-state index contributed by atoms with van der Waals surface area (Å²) in [6, 6.07) is 10.4. The Bertz CT molecular complexity index is 770. The van der Waals surface area contributed by atoms with Crippen LogP contribution in [0.3, 0.4) is 0 Å². The predicted molar refractivity (Wildman–Crippen MR) is 91.0 cm³/mol. The lowest BCUT2D eigenvalue weighted by Crippen LogP contribution is -2.13. The van der Waals surface area contributed by atoms with Crippen LogP contribution >= 0.6 is 0 Å². The molecule has 0 radical (unpaired) electrons. The molecule has 0 unspecified atom stereocenters. The Morgan fingerprint density at radius 1 is 1.04 bits per heavy atom. The number of nitrogens with zero attached hydrogens (tertiary/aromatic N) is 4. The molecule has 2 heterocycles. The Morgan fingerprint density at radius 2 is 1.83 bits per heavy atom. The minimum absolute atomic E-state index is 0.816. The van der Waals surface area contributed by atoms with Crippen LogP contribution in [0.5, 0.6) is 0 Å². The van der Waals surface area contributed by atoms with Crippen molar-refractivity contribution in [1.29, 1.82) is 0 Å². The smallest absolute Gasteiger partial charge is 0.0662 e. The predicted octanol–water partition coefficient (Wildman–Crippen LogP) is 2.57. The Labute approximate surface area is 136 Å². The van der Waals surface area contributed by atoms with Crippen LogP contribution in [-0.4, -0.2) is 19.6 Å². The molecule has 1 aromatic carbocycles. The minimum atomic E-state index is 0.816. The number of nitrogens with one attached hydrogen (secondary N) is 1. The van der Waals surface area contributed by atoms with Crippen molar-refractivity contribution >= 4 is 0 Å². The van der Waals surface area contributed by atoms with Gasteiger partial charge >= 0.3 is 0 Å². The van der Waals surface area contributed by atoms with E-state index in [9.17, 15) is 0 Å². The van der Waals surface area contributed by atoms with Gasteiger partial charge in [-0.25, -0.2) is 0 Å². The van der Waals surface area contributed by atoms with Crippen molar-refractivity contribution in [2.24, 2.45) is 7.05 Å². The fraction of sp³-hybridized carbons (Fsp3) is 0.333. The maximum Gasteiger partial charge on any atom is 0.0662 e. The highest BCUT2D eigenvalue weighted by Gasteiger charge is 2.11. The third-order valence-corrected chi connectivity index (χ3v) is 4.10. The Morgan fingerprint density at radius 3 is 2.52 bits per heavy atom. The third-order valence-electron chi connectivity index (χ3n) is 4.10. The number of aromatic nitrogens is 4. The highest BCUT2D eigenvalue weighted by Crippen LogP contribution is 2.15. The number of benzene rings is 1. The van der Waals surface area contributed by atoms with Crippen LogP contribution in [0, 0.1) is 13.8 Å². The minimum Gasteiger partial charge on any atom is -0.308 e. The molecule has 5 heteroatoms. The molecule has 0 amide bonds. The summed E-state index contributed by atoms with van der Waals surface area (Å²) in [6.45, 7) is 6.67. The van der Waals surface area contributed by atoms with Crippen molar-refractivity contribution in [1.82, 2.24) is 24.9 Å². The van der Waals surface area contributed by atoms with E-state index < -0.39 is 0 Å². The van der Waals surface area contributed by atoms with Crippen LogP contribution in [0.4, 0.5) is 0 Å². The molecule has 0 aliphatic heterocycles. The molecule has 0 saturated carbocycles. The van der Waals surface area contributed by atoms with Gasteiger partial charge in [-0.1, -0.05) is 30.3 Å². The maximum atomic E-state index is 4.70. The Kier molecular flexibility index (Phi) is 4.57. The monoisotopic (exact) mass is 309 g/mol. The first-order valence-corrected chi connectivity index (χ1v) is 7.88. The number of rotatable bonds is 6. The molecule has 0 fully saturated rings. The fourth-order valence-electron chi connectivity index (χ4n) is 2.80. The number of aryl methyl sites for hydroxylation is 2. The molecule has 0 bridgehead atoms. The van der Waals surface area contributed by atoms with E-state index >= 15 is 0 Å². The molecular weight excluding hydrogens is 286 g/mol. The quantitative estimate of drug-likeness (QED) is 0.761. The fourth-order valence-corrected chi connectivity index (χ4v) is 2.80. The van der Waals surface area contributed by atoms with Gasteiger partial charge in [0.25, 0.3) is 0 Å². The average molecular weight is 309 g/mol. The second-order valence-corrected chi connectivity index (χ2v) is 5.92. The summed E-state index contributed by atoms with van der Waals surface area (Å²) >= 11 is 0. The van der Waals surface area contributed by atoms with Gasteiger partial charge in [0.1, 0.15) is 0 Å². The van der Waals surface area contributed by atoms with E-state index in [0.717, 1.165) is 25.3 Å². The number of hydrogen-bond donors (Lipinski definition) is 1. The first kappa shape index (κ1) is 15.5. The van der Waals surface area contributed by atoms with Gasteiger partial charge in [0.05, 0.1) is 18.4 Å². The molecule has 5 nitrogen and oxygen atoms in total. The van der Waals surface area contributed by atoms with Crippen LogP contribution in [0.15, 0.2) is 42.7 Å². The molecule has 0 atom stereocenters. The van der Waals surface area contributed by atoms with Gasteiger partial charge in [-0.05, 0) is 19.4 Å². The molecule has 3 aromatic rings. The zero-order chi connectivity index (χ0) is 16.2. The second-order valence-electron chi connectivity index (χ2n) is 5.92. The lowest BCUT2D eigenvalue weighted by Gasteiger charge is -2.06. The van der Waals surface area contributed by atoms with Crippen LogP contribution in [-0.2, 0) is 26.7 Å². The van der Waals surface area contributed by atoms with E-state index in [2.05, 4.69) is 53.2 Å². The third kappa shape index (κ3) is 3.68. The van der Waals surface area contributed by atoms with E-state index in [-0.39, 0.29) is 0 Å². The largest absolute Gasteiger partial charge is 0.308 e. The summed E-state index contributed by atoms with van der Waals surface area (Å²) < 4.78 is 3.91. The van der Waals surface area contributed by atoms with Gasteiger partial charge in [0.2, 0.25) is 0 Å². The summed E-state index contributed by atoms with van der Waals surface area (Å²) in [4.78, 5) is 0. The normalized spacial score (nSPS) is 11.1. The lowest BCUT2D eigenvalue weighted by atomic mass is 10.2. The standard InChI is InChI=1S/C18H23N5/c1-14-18(11-19-9-17-10-20-22(3)12-17)15(2)23(21-14)13-16-7-5-4-6-8-16/h4-8,10,12,19H,9,11,13H2,1-3H3. The van der Waals surface area contributed by atoms with E-state index in [1.807, 2.05) is 30.2 Å². The Balaban J connectivity index is 1.65. The van der Waals surface area contributed by atoms with Crippen molar-refractivity contribution in [3.05, 3.63) is 70.8 Å². The van der Waals surface area contributed by atoms with Crippen molar-refractivity contribution in [2.75, 3.05) is 0 Å². The van der Waals surface area contributed by atoms with Gasteiger partial charge in [-0.15, -0.1) is 0 Å². The van der Waals surface area contributed by atoms with Crippen molar-refractivity contribution in [3.8, 4) is 0 Å².